The van der Waals surface area contributed by atoms with E-state index in [4.69, 9.17) is 4.42 Å². The number of hydrogen-bond donors (Lipinski definition) is 0. The summed E-state index contributed by atoms with van der Waals surface area (Å²) in [6.07, 6.45) is 2.27. The summed E-state index contributed by atoms with van der Waals surface area (Å²) in [7, 11) is 1.83. The van der Waals surface area contributed by atoms with Gasteiger partial charge >= 0.3 is 0 Å². The zero-order valence-corrected chi connectivity index (χ0v) is 17.2. The van der Waals surface area contributed by atoms with Crippen molar-refractivity contribution in [2.75, 3.05) is 7.05 Å². The molecule has 31 heavy (non-hydrogen) atoms. The van der Waals surface area contributed by atoms with Crippen molar-refractivity contribution >= 4 is 5.91 Å². The minimum Gasteiger partial charge on any atom is -0.441 e. The number of nitrogens with zero attached hydrogens (tertiary/aromatic N) is 2. The summed E-state index contributed by atoms with van der Waals surface area (Å²) in [6.45, 7) is 0. The highest BCUT2D eigenvalue weighted by Crippen LogP contribution is 2.28. The van der Waals surface area contributed by atoms with Crippen LogP contribution in [0.15, 0.2) is 95.5 Å². The van der Waals surface area contributed by atoms with Gasteiger partial charge in [-0.2, -0.15) is 0 Å². The topological polar surface area (TPSA) is 46.3 Å². The molecule has 0 atom stereocenters. The third-order valence-corrected chi connectivity index (χ3v) is 5.25. The first-order valence-corrected chi connectivity index (χ1v) is 10.2. The number of aryl methyl sites for hydroxylation is 1. The van der Waals surface area contributed by atoms with Gasteiger partial charge in [-0.05, 0) is 35.4 Å². The first-order valence-electron chi connectivity index (χ1n) is 10.2. The van der Waals surface area contributed by atoms with Gasteiger partial charge in [0.1, 0.15) is 5.82 Å². The van der Waals surface area contributed by atoms with Crippen LogP contribution >= 0.6 is 0 Å². The predicted molar refractivity (Wildman–Crippen MR) is 118 cm³/mol. The Bertz CT molecular complexity index is 1090. The molecule has 0 fully saturated rings. The number of benzene rings is 3. The molecule has 0 radical (unpaired) electrons. The molecule has 4 aromatic rings. The van der Waals surface area contributed by atoms with E-state index in [0.717, 1.165) is 16.7 Å². The van der Waals surface area contributed by atoms with Crippen LogP contribution in [0.5, 0.6) is 0 Å². The molecule has 1 amide bonds. The van der Waals surface area contributed by atoms with Gasteiger partial charge in [0.15, 0.2) is 11.7 Å². The Labute approximate surface area is 181 Å². The molecule has 0 saturated heterocycles. The van der Waals surface area contributed by atoms with Crippen LogP contribution in [0, 0.1) is 5.82 Å². The molecule has 0 aliphatic rings. The molecule has 156 valence electrons. The average molecular weight is 414 g/mol. The highest BCUT2D eigenvalue weighted by atomic mass is 19.1. The van der Waals surface area contributed by atoms with Gasteiger partial charge < -0.3 is 9.32 Å². The first kappa shape index (κ1) is 20.5. The van der Waals surface area contributed by atoms with Crippen molar-refractivity contribution in [3.63, 3.8) is 0 Å². The average Bonchev–Trinajstić information content (AvgIpc) is 3.28. The number of carbonyl (C=O) groups excluding carboxylic acids is 1. The van der Waals surface area contributed by atoms with Crippen LogP contribution in [0.2, 0.25) is 0 Å². The van der Waals surface area contributed by atoms with Crippen molar-refractivity contribution in [1.29, 1.82) is 0 Å². The number of halogens is 1. The van der Waals surface area contributed by atoms with Gasteiger partial charge in [-0.15, -0.1) is 0 Å². The number of amides is 1. The third kappa shape index (κ3) is 4.89. The molecule has 4 nitrogen and oxygen atoms in total. The Morgan fingerprint density at radius 1 is 0.935 bits per heavy atom. The first-order chi connectivity index (χ1) is 15.1. The maximum absolute atomic E-state index is 13.1. The van der Waals surface area contributed by atoms with Crippen molar-refractivity contribution < 1.29 is 13.6 Å². The summed E-state index contributed by atoms with van der Waals surface area (Å²) in [4.78, 5) is 19.1. The fourth-order valence-electron chi connectivity index (χ4n) is 3.62. The van der Waals surface area contributed by atoms with Crippen molar-refractivity contribution in [2.45, 2.75) is 18.9 Å². The van der Waals surface area contributed by atoms with E-state index in [2.05, 4.69) is 4.98 Å². The van der Waals surface area contributed by atoms with Crippen LogP contribution in [-0.2, 0) is 11.2 Å². The maximum Gasteiger partial charge on any atom is 0.223 e. The predicted octanol–water partition coefficient (Wildman–Crippen LogP) is 5.66. The molecular weight excluding hydrogens is 391 g/mol. The van der Waals surface area contributed by atoms with Gasteiger partial charge in [-0.25, -0.2) is 9.37 Å². The molecule has 0 bridgehead atoms. The molecule has 0 aliphatic carbocycles. The zero-order chi connectivity index (χ0) is 21.6. The van der Waals surface area contributed by atoms with Gasteiger partial charge in [0.05, 0.1) is 12.2 Å². The van der Waals surface area contributed by atoms with E-state index in [9.17, 15) is 9.18 Å². The minimum absolute atomic E-state index is 0.000705. The summed E-state index contributed by atoms with van der Waals surface area (Å²) >= 11 is 0. The van der Waals surface area contributed by atoms with Crippen molar-refractivity contribution in [1.82, 2.24) is 9.88 Å². The van der Waals surface area contributed by atoms with Crippen molar-refractivity contribution in [3.05, 3.63) is 114 Å². The summed E-state index contributed by atoms with van der Waals surface area (Å²) < 4.78 is 18.9. The van der Waals surface area contributed by atoms with E-state index in [-0.39, 0.29) is 24.2 Å². The Balaban J connectivity index is 1.46. The minimum atomic E-state index is -0.302. The van der Waals surface area contributed by atoms with Gasteiger partial charge in [0.2, 0.25) is 5.91 Å². The summed E-state index contributed by atoms with van der Waals surface area (Å²) in [5.41, 5.74) is 2.86. The van der Waals surface area contributed by atoms with Gasteiger partial charge in [0.25, 0.3) is 0 Å². The van der Waals surface area contributed by atoms with E-state index in [1.54, 1.807) is 23.2 Å². The number of oxazole rings is 1. The molecular formula is C26H23FN2O2. The zero-order valence-electron chi connectivity index (χ0n) is 17.2. The second-order valence-corrected chi connectivity index (χ2v) is 7.35. The van der Waals surface area contributed by atoms with Crippen LogP contribution in [0.1, 0.15) is 29.5 Å². The second-order valence-electron chi connectivity index (χ2n) is 7.35. The standard InChI is InChI=1S/C26H23FN2O2/c1-29(26(20-8-4-2-5-9-20)21-10-6-3-7-11-21)25(30)17-16-24-28-18-23(31-24)19-12-14-22(27)15-13-19/h2-15,18,26H,16-17H2,1H3. The smallest absolute Gasteiger partial charge is 0.223 e. The highest BCUT2D eigenvalue weighted by molar-refractivity contribution is 5.77. The fraction of sp³-hybridized carbons (Fsp3) is 0.154. The number of hydrogen-bond acceptors (Lipinski definition) is 3. The third-order valence-electron chi connectivity index (χ3n) is 5.25. The number of carbonyl (C=O) groups is 1. The highest BCUT2D eigenvalue weighted by Gasteiger charge is 2.23. The lowest BCUT2D eigenvalue weighted by Crippen LogP contribution is -2.32. The molecule has 0 N–H and O–H groups in total. The quantitative estimate of drug-likeness (QED) is 0.392. The molecule has 0 aliphatic heterocycles. The molecule has 1 heterocycles. The molecule has 1 aromatic heterocycles. The Morgan fingerprint density at radius 2 is 1.52 bits per heavy atom. The van der Waals surface area contributed by atoms with Crippen molar-refractivity contribution in [3.8, 4) is 11.3 Å². The van der Waals surface area contributed by atoms with Crippen molar-refractivity contribution in [2.24, 2.45) is 0 Å². The van der Waals surface area contributed by atoms with Crippen LogP contribution in [0.4, 0.5) is 4.39 Å². The van der Waals surface area contributed by atoms with Crippen LogP contribution in [-0.4, -0.2) is 22.8 Å². The van der Waals surface area contributed by atoms with Crippen LogP contribution in [0.25, 0.3) is 11.3 Å². The van der Waals surface area contributed by atoms with E-state index in [1.165, 1.54) is 12.1 Å². The number of aromatic nitrogens is 1. The molecule has 4 rings (SSSR count). The lowest BCUT2D eigenvalue weighted by atomic mass is 9.97. The van der Waals surface area contributed by atoms with Crippen LogP contribution in [0.3, 0.4) is 0 Å². The molecule has 0 spiro atoms. The normalized spacial score (nSPS) is 10.9. The summed E-state index contributed by atoms with van der Waals surface area (Å²) in [5.74, 6) is 0.738. The monoisotopic (exact) mass is 414 g/mol. The summed E-state index contributed by atoms with van der Waals surface area (Å²) in [5, 5.41) is 0. The van der Waals surface area contributed by atoms with E-state index in [1.807, 2.05) is 67.7 Å². The van der Waals surface area contributed by atoms with Gasteiger partial charge in [0, 0.05) is 25.5 Å². The molecule has 3 aromatic carbocycles. The van der Waals surface area contributed by atoms with Crippen LogP contribution < -0.4 is 0 Å². The largest absolute Gasteiger partial charge is 0.441 e. The van der Waals surface area contributed by atoms with E-state index < -0.39 is 0 Å². The SMILES string of the molecule is CN(C(=O)CCc1ncc(-c2ccc(F)cc2)o1)C(c1ccccc1)c1ccccc1. The Kier molecular flexibility index (Phi) is 6.22. The van der Waals surface area contributed by atoms with Gasteiger partial charge in [-0.1, -0.05) is 60.7 Å². The maximum atomic E-state index is 13.1. The van der Waals surface area contributed by atoms with Gasteiger partial charge in [-0.3, -0.25) is 4.79 Å². The fourth-order valence-corrected chi connectivity index (χ4v) is 3.62. The second kappa shape index (κ2) is 9.39. The Hall–Kier alpha value is -3.73. The lowest BCUT2D eigenvalue weighted by Gasteiger charge is -2.29. The van der Waals surface area contributed by atoms with E-state index in [0.29, 0.717) is 18.1 Å². The molecule has 5 heteroatoms. The summed E-state index contributed by atoms with van der Waals surface area (Å²) in [6, 6.07) is 25.8. The Morgan fingerprint density at radius 3 is 2.10 bits per heavy atom. The van der Waals surface area contributed by atoms with E-state index >= 15 is 0 Å². The number of rotatable bonds is 7. The molecule has 0 saturated carbocycles. The molecule has 0 unspecified atom stereocenters. The lowest BCUT2D eigenvalue weighted by molar-refractivity contribution is -0.131.